The van der Waals surface area contributed by atoms with Gasteiger partial charge < -0.3 is 0 Å². The maximum absolute atomic E-state index is 9.15. The molecule has 0 spiro atoms. The van der Waals surface area contributed by atoms with Crippen LogP contribution >= 0.6 is 0 Å². The average molecular weight is 232 g/mol. The minimum absolute atomic E-state index is 0.0696. The lowest BCUT2D eigenvalue weighted by Crippen LogP contribution is -2.35. The van der Waals surface area contributed by atoms with Gasteiger partial charge in [-0.25, -0.2) is 0 Å². The Morgan fingerprint density at radius 2 is 2.12 bits per heavy atom. The maximum atomic E-state index is 9.15. The van der Waals surface area contributed by atoms with Crippen molar-refractivity contribution in [3.8, 4) is 12.1 Å². The first-order valence-electron chi connectivity index (χ1n) is 6.24. The minimum atomic E-state index is -0.750. The van der Waals surface area contributed by atoms with Gasteiger partial charge in [0.2, 0.25) is 0 Å². The van der Waals surface area contributed by atoms with E-state index in [1.807, 2.05) is 13.8 Å². The molecule has 0 aromatic heterocycles. The molecule has 92 valence electrons. The lowest BCUT2D eigenvalue weighted by molar-refractivity contribution is 0.242. The van der Waals surface area contributed by atoms with Gasteiger partial charge in [-0.15, -0.1) is 0 Å². The molecule has 3 atom stereocenters. The van der Waals surface area contributed by atoms with Crippen LogP contribution in [0.3, 0.4) is 0 Å². The highest BCUT2D eigenvalue weighted by molar-refractivity contribution is 5.06. The third-order valence-corrected chi connectivity index (χ3v) is 3.76. The Bertz CT molecular complexity index is 376. The van der Waals surface area contributed by atoms with Gasteiger partial charge in [-0.1, -0.05) is 19.8 Å². The molecule has 1 fully saturated rings. The maximum Gasteiger partial charge on any atom is 0.164 e. The number of nitriles is 2. The number of rotatable bonds is 3. The van der Waals surface area contributed by atoms with Crippen molar-refractivity contribution in [3.05, 3.63) is 0 Å². The Hall–Kier alpha value is -1.42. The first kappa shape index (κ1) is 13.6. The summed E-state index contributed by atoms with van der Waals surface area (Å²) in [5.41, 5.74) is -1.15. The third kappa shape index (κ3) is 3.03. The van der Waals surface area contributed by atoms with Crippen molar-refractivity contribution >= 4 is 0 Å². The molecule has 1 aliphatic rings. The van der Waals surface area contributed by atoms with E-state index in [4.69, 9.17) is 10.5 Å². The highest BCUT2D eigenvalue weighted by atomic mass is 15.2. The zero-order valence-corrected chi connectivity index (χ0v) is 10.9. The van der Waals surface area contributed by atoms with Gasteiger partial charge in [-0.3, -0.25) is 0 Å². The molecule has 17 heavy (non-hydrogen) atoms. The SMILES string of the molecule is CCC(C)(C#N)N=NC1(C)CCCCC1C#N. The zero-order valence-electron chi connectivity index (χ0n) is 10.9. The van der Waals surface area contributed by atoms with Gasteiger partial charge in [-0.05, 0) is 33.1 Å². The fraction of sp³-hybridized carbons (Fsp3) is 0.846. The first-order valence-corrected chi connectivity index (χ1v) is 6.24. The van der Waals surface area contributed by atoms with Crippen molar-refractivity contribution in [2.75, 3.05) is 0 Å². The molecule has 0 amide bonds. The molecule has 4 heteroatoms. The molecule has 0 bridgehead atoms. The smallest absolute Gasteiger partial charge is 0.164 e. The highest BCUT2D eigenvalue weighted by Crippen LogP contribution is 2.37. The molecule has 1 saturated carbocycles. The summed E-state index contributed by atoms with van der Waals surface area (Å²) in [5, 5.41) is 26.8. The van der Waals surface area contributed by atoms with Crippen LogP contribution in [-0.2, 0) is 0 Å². The quantitative estimate of drug-likeness (QED) is 0.697. The monoisotopic (exact) mass is 232 g/mol. The van der Waals surface area contributed by atoms with E-state index >= 15 is 0 Å². The summed E-state index contributed by atoms with van der Waals surface area (Å²) >= 11 is 0. The van der Waals surface area contributed by atoms with Crippen LogP contribution in [0.2, 0.25) is 0 Å². The van der Waals surface area contributed by atoms with Crippen LogP contribution in [0.5, 0.6) is 0 Å². The van der Waals surface area contributed by atoms with Crippen molar-refractivity contribution in [3.63, 3.8) is 0 Å². The van der Waals surface area contributed by atoms with E-state index in [2.05, 4.69) is 22.4 Å². The minimum Gasteiger partial charge on any atom is -0.198 e. The fourth-order valence-corrected chi connectivity index (χ4v) is 2.04. The van der Waals surface area contributed by atoms with Crippen LogP contribution in [0.1, 0.15) is 52.9 Å². The summed E-state index contributed by atoms with van der Waals surface area (Å²) in [6.45, 7) is 5.69. The molecule has 0 aromatic carbocycles. The molecule has 0 heterocycles. The van der Waals surface area contributed by atoms with Crippen molar-refractivity contribution < 1.29 is 0 Å². The van der Waals surface area contributed by atoms with Crippen LogP contribution in [0.15, 0.2) is 10.2 Å². The van der Waals surface area contributed by atoms with Crippen LogP contribution < -0.4 is 0 Å². The summed E-state index contributed by atoms with van der Waals surface area (Å²) in [6.07, 6.45) is 4.59. The number of hydrogen-bond donors (Lipinski definition) is 0. The van der Waals surface area contributed by atoms with E-state index in [0.29, 0.717) is 6.42 Å². The van der Waals surface area contributed by atoms with Gasteiger partial charge in [0, 0.05) is 0 Å². The van der Waals surface area contributed by atoms with Gasteiger partial charge in [0.05, 0.1) is 23.6 Å². The van der Waals surface area contributed by atoms with E-state index in [0.717, 1.165) is 25.7 Å². The molecular formula is C13H20N4. The van der Waals surface area contributed by atoms with E-state index in [9.17, 15) is 0 Å². The highest BCUT2D eigenvalue weighted by Gasteiger charge is 2.37. The molecule has 3 unspecified atom stereocenters. The van der Waals surface area contributed by atoms with E-state index in [-0.39, 0.29) is 5.92 Å². The Morgan fingerprint density at radius 1 is 1.41 bits per heavy atom. The van der Waals surface area contributed by atoms with E-state index < -0.39 is 11.1 Å². The van der Waals surface area contributed by atoms with Crippen molar-refractivity contribution in [2.24, 2.45) is 16.1 Å². The normalized spacial score (nSPS) is 32.6. The van der Waals surface area contributed by atoms with Crippen molar-refractivity contribution in [1.29, 1.82) is 10.5 Å². The molecule has 0 radical (unpaired) electrons. The van der Waals surface area contributed by atoms with Gasteiger partial charge in [0.1, 0.15) is 0 Å². The Labute approximate surface area is 103 Å². The number of hydrogen-bond acceptors (Lipinski definition) is 4. The second-order valence-electron chi connectivity index (χ2n) is 5.22. The third-order valence-electron chi connectivity index (χ3n) is 3.76. The standard InChI is InChI=1S/C13H20N4/c1-4-12(2,10-15)16-17-13(3)8-6-5-7-11(13)9-14/h11H,4-8H2,1-3H3. The topological polar surface area (TPSA) is 72.3 Å². The van der Waals surface area contributed by atoms with E-state index in [1.54, 1.807) is 6.92 Å². The number of azo groups is 1. The second-order valence-corrected chi connectivity index (χ2v) is 5.22. The Balaban J connectivity index is 2.88. The zero-order chi connectivity index (χ0) is 12.9. The van der Waals surface area contributed by atoms with Crippen molar-refractivity contribution in [1.82, 2.24) is 0 Å². The molecule has 0 N–H and O–H groups in total. The molecular weight excluding hydrogens is 212 g/mol. The lowest BCUT2D eigenvalue weighted by atomic mass is 9.75. The summed E-state index contributed by atoms with van der Waals surface area (Å²) in [7, 11) is 0. The summed E-state index contributed by atoms with van der Waals surface area (Å²) in [6, 6.07) is 4.50. The van der Waals surface area contributed by atoms with Crippen molar-refractivity contribution in [2.45, 2.75) is 64.0 Å². The summed E-state index contributed by atoms with van der Waals surface area (Å²) in [5.74, 6) is -0.0696. The van der Waals surface area contributed by atoms with Gasteiger partial charge in [0.15, 0.2) is 5.54 Å². The van der Waals surface area contributed by atoms with Crippen LogP contribution in [0.25, 0.3) is 0 Å². The molecule has 0 aromatic rings. The lowest BCUT2D eigenvalue weighted by Gasteiger charge is -2.33. The predicted molar refractivity (Wildman–Crippen MR) is 65.1 cm³/mol. The molecule has 0 aliphatic heterocycles. The Morgan fingerprint density at radius 3 is 2.65 bits per heavy atom. The van der Waals surface area contributed by atoms with Crippen LogP contribution in [0.4, 0.5) is 0 Å². The fourth-order valence-electron chi connectivity index (χ4n) is 2.04. The van der Waals surface area contributed by atoms with Gasteiger partial charge >= 0.3 is 0 Å². The summed E-state index contributed by atoms with van der Waals surface area (Å²) in [4.78, 5) is 0. The Kier molecular flexibility index (Phi) is 4.23. The van der Waals surface area contributed by atoms with Gasteiger partial charge in [-0.2, -0.15) is 20.8 Å². The molecule has 1 rings (SSSR count). The molecule has 0 saturated heterocycles. The molecule has 1 aliphatic carbocycles. The average Bonchev–Trinajstić information content (AvgIpc) is 2.36. The molecule has 4 nitrogen and oxygen atoms in total. The largest absolute Gasteiger partial charge is 0.198 e. The van der Waals surface area contributed by atoms with E-state index in [1.165, 1.54) is 0 Å². The van der Waals surface area contributed by atoms with Crippen LogP contribution in [-0.4, -0.2) is 11.1 Å². The second kappa shape index (κ2) is 5.27. The first-order chi connectivity index (χ1) is 7.99. The summed E-state index contributed by atoms with van der Waals surface area (Å²) < 4.78 is 0. The predicted octanol–water partition coefficient (Wildman–Crippen LogP) is 3.60. The van der Waals surface area contributed by atoms with Gasteiger partial charge in [0.25, 0.3) is 0 Å². The number of nitrogens with zero attached hydrogens (tertiary/aromatic N) is 4. The van der Waals surface area contributed by atoms with Crippen LogP contribution in [0, 0.1) is 28.6 Å².